The Bertz CT molecular complexity index is 952. The van der Waals surface area contributed by atoms with Crippen molar-refractivity contribution >= 4 is 28.7 Å². The van der Waals surface area contributed by atoms with E-state index in [1.165, 1.54) is 0 Å². The van der Waals surface area contributed by atoms with Crippen molar-refractivity contribution in [3.8, 4) is 0 Å². The number of aromatic nitrogens is 3. The third-order valence-corrected chi connectivity index (χ3v) is 5.38. The fourth-order valence-electron chi connectivity index (χ4n) is 3.74. The van der Waals surface area contributed by atoms with Crippen LogP contribution >= 0.6 is 11.6 Å². The fraction of sp³-hybridized carbons (Fsp3) is 0.350. The lowest BCUT2D eigenvalue weighted by molar-refractivity contribution is 0.0787. The second kappa shape index (κ2) is 7.08. The summed E-state index contributed by atoms with van der Waals surface area (Å²) in [6.07, 6.45) is 3.65. The Morgan fingerprint density at radius 2 is 2.12 bits per heavy atom. The molecular weight excluding hydrogens is 348 g/mol. The average Bonchev–Trinajstić information content (AvgIpc) is 3.25. The van der Waals surface area contributed by atoms with E-state index in [-0.39, 0.29) is 5.91 Å². The maximum atomic E-state index is 12.7. The molecule has 1 amide bonds. The van der Waals surface area contributed by atoms with Gasteiger partial charge in [-0.2, -0.15) is 0 Å². The van der Waals surface area contributed by atoms with E-state index in [0.29, 0.717) is 16.5 Å². The molecule has 1 fully saturated rings. The van der Waals surface area contributed by atoms with E-state index < -0.39 is 0 Å². The molecule has 0 N–H and O–H groups in total. The van der Waals surface area contributed by atoms with Crippen LogP contribution in [-0.4, -0.2) is 38.4 Å². The summed E-state index contributed by atoms with van der Waals surface area (Å²) in [6, 6.07) is 11.2. The molecule has 1 atom stereocenters. The molecule has 6 heteroatoms. The van der Waals surface area contributed by atoms with E-state index in [1.807, 2.05) is 29.2 Å². The van der Waals surface area contributed by atoms with E-state index in [9.17, 15) is 4.79 Å². The number of nitrogens with zero attached hydrogens (tertiary/aromatic N) is 4. The first-order valence-electron chi connectivity index (χ1n) is 9.01. The average molecular weight is 369 g/mol. The summed E-state index contributed by atoms with van der Waals surface area (Å²) in [5.41, 5.74) is 2.46. The number of carbonyl (C=O) groups is 1. The summed E-state index contributed by atoms with van der Waals surface area (Å²) in [6.45, 7) is 4.46. The number of imidazole rings is 1. The maximum absolute atomic E-state index is 12.7. The van der Waals surface area contributed by atoms with Gasteiger partial charge in [-0.25, -0.2) is 9.97 Å². The van der Waals surface area contributed by atoms with Crippen LogP contribution in [-0.2, 0) is 13.0 Å². The molecule has 2 aromatic heterocycles. The van der Waals surface area contributed by atoms with Crippen LogP contribution in [0.5, 0.6) is 0 Å². The highest BCUT2D eigenvalue weighted by Crippen LogP contribution is 2.25. The van der Waals surface area contributed by atoms with Crippen LogP contribution in [0.2, 0.25) is 5.02 Å². The van der Waals surface area contributed by atoms with Crippen LogP contribution in [0.3, 0.4) is 0 Å². The third kappa shape index (κ3) is 3.07. The van der Waals surface area contributed by atoms with Crippen LogP contribution in [0.4, 0.5) is 0 Å². The molecule has 3 aromatic rings. The van der Waals surface area contributed by atoms with Crippen molar-refractivity contribution in [3.05, 3.63) is 59.0 Å². The van der Waals surface area contributed by atoms with Gasteiger partial charge in [-0.05, 0) is 43.5 Å². The number of likely N-dealkylation sites (tertiary alicyclic amines) is 1. The highest BCUT2D eigenvalue weighted by atomic mass is 35.5. The molecule has 0 unspecified atom stereocenters. The smallest absolute Gasteiger partial charge is 0.255 e. The molecule has 134 valence electrons. The lowest BCUT2D eigenvalue weighted by Gasteiger charge is -2.17. The molecule has 0 bridgehead atoms. The molecule has 4 rings (SSSR count). The standard InChI is InChI=1S/C20H21ClN4O/c1-2-25-18(23-17-8-5-10-22-19(17)25)12-14-9-11-24(13-14)20(26)15-6-3-4-7-16(15)21/h3-8,10,14H,2,9,11-13H2,1H3/t14-/m0/s1. The van der Waals surface area contributed by atoms with E-state index in [1.54, 1.807) is 18.3 Å². The number of halogens is 1. The summed E-state index contributed by atoms with van der Waals surface area (Å²) in [4.78, 5) is 23.9. The van der Waals surface area contributed by atoms with Crippen molar-refractivity contribution in [2.75, 3.05) is 13.1 Å². The second-order valence-corrected chi connectivity index (χ2v) is 7.12. The molecule has 5 nitrogen and oxygen atoms in total. The molecule has 0 radical (unpaired) electrons. The Labute approximate surface area is 157 Å². The van der Waals surface area contributed by atoms with Crippen molar-refractivity contribution in [2.24, 2.45) is 5.92 Å². The molecule has 1 aliphatic rings. The number of hydrogen-bond donors (Lipinski definition) is 0. The monoisotopic (exact) mass is 368 g/mol. The van der Waals surface area contributed by atoms with Gasteiger partial charge in [0.1, 0.15) is 11.3 Å². The van der Waals surface area contributed by atoms with Crippen molar-refractivity contribution in [1.29, 1.82) is 0 Å². The summed E-state index contributed by atoms with van der Waals surface area (Å²) in [5, 5.41) is 0.514. The van der Waals surface area contributed by atoms with E-state index in [4.69, 9.17) is 16.6 Å². The number of carbonyl (C=O) groups excluding carboxylic acids is 1. The third-order valence-electron chi connectivity index (χ3n) is 5.05. The van der Waals surface area contributed by atoms with Gasteiger partial charge in [0, 0.05) is 32.3 Å². The molecule has 3 heterocycles. The van der Waals surface area contributed by atoms with Gasteiger partial charge in [-0.3, -0.25) is 4.79 Å². The highest BCUT2D eigenvalue weighted by Gasteiger charge is 2.29. The quantitative estimate of drug-likeness (QED) is 0.703. The largest absolute Gasteiger partial charge is 0.338 e. The zero-order valence-electron chi connectivity index (χ0n) is 14.7. The first-order valence-corrected chi connectivity index (χ1v) is 9.39. The van der Waals surface area contributed by atoms with Gasteiger partial charge < -0.3 is 9.47 Å². The Balaban J connectivity index is 1.50. The number of pyridine rings is 1. The molecule has 1 saturated heterocycles. The molecule has 0 aliphatic carbocycles. The Hall–Kier alpha value is -2.40. The Morgan fingerprint density at radius 1 is 1.27 bits per heavy atom. The van der Waals surface area contributed by atoms with Gasteiger partial charge >= 0.3 is 0 Å². The summed E-state index contributed by atoms with van der Waals surface area (Å²) in [5.74, 6) is 1.48. The van der Waals surface area contributed by atoms with E-state index in [2.05, 4.69) is 16.5 Å². The summed E-state index contributed by atoms with van der Waals surface area (Å²) >= 11 is 6.18. The first kappa shape index (κ1) is 17.0. The summed E-state index contributed by atoms with van der Waals surface area (Å²) < 4.78 is 2.17. The number of benzene rings is 1. The molecule has 1 aromatic carbocycles. The molecule has 0 saturated carbocycles. The summed E-state index contributed by atoms with van der Waals surface area (Å²) in [7, 11) is 0. The number of fused-ring (bicyclic) bond motifs is 1. The zero-order chi connectivity index (χ0) is 18.1. The topological polar surface area (TPSA) is 51.0 Å². The van der Waals surface area contributed by atoms with Crippen molar-refractivity contribution in [1.82, 2.24) is 19.4 Å². The van der Waals surface area contributed by atoms with Crippen LogP contribution in [0, 0.1) is 5.92 Å². The van der Waals surface area contributed by atoms with Gasteiger partial charge in [0.05, 0.1) is 10.6 Å². The maximum Gasteiger partial charge on any atom is 0.255 e. The van der Waals surface area contributed by atoms with E-state index in [0.717, 1.165) is 49.5 Å². The van der Waals surface area contributed by atoms with Crippen LogP contribution in [0.15, 0.2) is 42.6 Å². The van der Waals surface area contributed by atoms with Crippen LogP contribution < -0.4 is 0 Å². The molecule has 0 spiro atoms. The van der Waals surface area contributed by atoms with Crippen LogP contribution in [0.1, 0.15) is 29.5 Å². The van der Waals surface area contributed by atoms with Gasteiger partial charge in [-0.15, -0.1) is 0 Å². The van der Waals surface area contributed by atoms with E-state index >= 15 is 0 Å². The lowest BCUT2D eigenvalue weighted by Crippen LogP contribution is -2.29. The zero-order valence-corrected chi connectivity index (χ0v) is 15.5. The van der Waals surface area contributed by atoms with Crippen molar-refractivity contribution in [3.63, 3.8) is 0 Å². The number of amides is 1. The second-order valence-electron chi connectivity index (χ2n) is 6.71. The van der Waals surface area contributed by atoms with Crippen LogP contribution in [0.25, 0.3) is 11.2 Å². The predicted molar refractivity (Wildman–Crippen MR) is 102 cm³/mol. The number of hydrogen-bond acceptors (Lipinski definition) is 3. The Morgan fingerprint density at radius 3 is 2.92 bits per heavy atom. The lowest BCUT2D eigenvalue weighted by atomic mass is 10.0. The minimum absolute atomic E-state index is 0.0174. The minimum Gasteiger partial charge on any atom is -0.338 e. The van der Waals surface area contributed by atoms with Crippen molar-refractivity contribution < 1.29 is 4.79 Å². The van der Waals surface area contributed by atoms with Gasteiger partial charge in [0.2, 0.25) is 0 Å². The first-order chi connectivity index (χ1) is 12.7. The fourth-order valence-corrected chi connectivity index (χ4v) is 3.96. The Kier molecular flexibility index (Phi) is 4.64. The van der Waals surface area contributed by atoms with Crippen molar-refractivity contribution in [2.45, 2.75) is 26.3 Å². The number of aryl methyl sites for hydroxylation is 1. The van der Waals surface area contributed by atoms with Gasteiger partial charge in [-0.1, -0.05) is 23.7 Å². The van der Waals surface area contributed by atoms with Gasteiger partial charge in [0.25, 0.3) is 5.91 Å². The predicted octanol–water partition coefficient (Wildman–Crippen LogP) is 3.81. The normalized spacial score (nSPS) is 17.2. The number of rotatable bonds is 4. The molecular formula is C20H21ClN4O. The SMILES string of the molecule is CCn1c(C[C@@H]2CCN(C(=O)c3ccccc3Cl)C2)nc2cccnc21. The highest BCUT2D eigenvalue weighted by molar-refractivity contribution is 6.33. The minimum atomic E-state index is 0.0174. The molecule has 1 aliphatic heterocycles. The van der Waals surface area contributed by atoms with Gasteiger partial charge in [0.15, 0.2) is 5.65 Å². The molecule has 26 heavy (non-hydrogen) atoms.